The van der Waals surface area contributed by atoms with Crippen LogP contribution in [0.3, 0.4) is 0 Å². The summed E-state index contributed by atoms with van der Waals surface area (Å²) in [5.41, 5.74) is 0.601. The van der Waals surface area contributed by atoms with Gasteiger partial charge in [0.25, 0.3) is 0 Å². The fraction of sp³-hybridized carbons (Fsp3) is 0.500. The standard InChI is InChI=1S/C6H11N3O2S/c1-6-4-5-7-9(6)12(10,11)8(2)3/h4-5H,1-3H3. The van der Waals surface area contributed by atoms with E-state index < -0.39 is 10.2 Å². The van der Waals surface area contributed by atoms with Crippen molar-refractivity contribution in [3.63, 3.8) is 0 Å². The summed E-state index contributed by atoms with van der Waals surface area (Å²) in [6, 6.07) is 1.64. The van der Waals surface area contributed by atoms with E-state index in [0.29, 0.717) is 5.69 Å². The lowest BCUT2D eigenvalue weighted by molar-refractivity contribution is 0.502. The van der Waals surface area contributed by atoms with Crippen LogP contribution in [-0.4, -0.2) is 36.0 Å². The Morgan fingerprint density at radius 2 is 2.08 bits per heavy atom. The van der Waals surface area contributed by atoms with Crippen LogP contribution in [0.2, 0.25) is 0 Å². The molecule has 68 valence electrons. The van der Waals surface area contributed by atoms with Crippen LogP contribution < -0.4 is 0 Å². The lowest BCUT2D eigenvalue weighted by Crippen LogP contribution is -2.30. The zero-order valence-electron chi connectivity index (χ0n) is 7.22. The third-order valence-electron chi connectivity index (χ3n) is 1.47. The van der Waals surface area contributed by atoms with E-state index in [9.17, 15) is 8.42 Å². The van der Waals surface area contributed by atoms with Crippen LogP contribution >= 0.6 is 0 Å². The SMILES string of the molecule is Cc1ccnn1S(=O)(=O)N(C)C. The summed E-state index contributed by atoms with van der Waals surface area (Å²) < 4.78 is 25.0. The van der Waals surface area contributed by atoms with E-state index in [2.05, 4.69) is 5.10 Å². The molecule has 0 N–H and O–H groups in total. The summed E-state index contributed by atoms with van der Waals surface area (Å²) in [6.07, 6.45) is 1.45. The van der Waals surface area contributed by atoms with Gasteiger partial charge in [-0.1, -0.05) is 0 Å². The molecule has 1 heterocycles. The lowest BCUT2D eigenvalue weighted by atomic mass is 10.5. The van der Waals surface area contributed by atoms with Gasteiger partial charge < -0.3 is 0 Å². The molecule has 0 fully saturated rings. The van der Waals surface area contributed by atoms with Crippen molar-refractivity contribution in [2.75, 3.05) is 14.1 Å². The zero-order chi connectivity index (χ0) is 9.35. The van der Waals surface area contributed by atoms with Gasteiger partial charge in [0.2, 0.25) is 0 Å². The minimum absolute atomic E-state index is 0.601. The van der Waals surface area contributed by atoms with Crippen LogP contribution in [0.15, 0.2) is 12.3 Å². The summed E-state index contributed by atoms with van der Waals surface area (Å²) in [7, 11) is -0.488. The van der Waals surface area contributed by atoms with Crippen molar-refractivity contribution in [3.05, 3.63) is 18.0 Å². The van der Waals surface area contributed by atoms with Gasteiger partial charge in [-0.2, -0.15) is 17.8 Å². The monoisotopic (exact) mass is 189 g/mol. The summed E-state index contributed by atoms with van der Waals surface area (Å²) >= 11 is 0. The van der Waals surface area contributed by atoms with Crippen molar-refractivity contribution < 1.29 is 8.42 Å². The predicted octanol–water partition coefficient (Wildman–Crippen LogP) is -0.154. The highest BCUT2D eigenvalue weighted by Crippen LogP contribution is 2.03. The normalized spacial score (nSPS) is 12.3. The van der Waals surface area contributed by atoms with E-state index >= 15 is 0 Å². The Morgan fingerprint density at radius 3 is 2.42 bits per heavy atom. The van der Waals surface area contributed by atoms with Gasteiger partial charge >= 0.3 is 10.2 Å². The quantitative estimate of drug-likeness (QED) is 0.650. The van der Waals surface area contributed by atoms with Gasteiger partial charge in [-0.05, 0) is 13.0 Å². The molecule has 6 heteroatoms. The van der Waals surface area contributed by atoms with Gasteiger partial charge in [0.15, 0.2) is 0 Å². The zero-order valence-corrected chi connectivity index (χ0v) is 8.04. The maximum atomic E-state index is 11.4. The molecule has 0 aliphatic rings. The molecule has 0 saturated heterocycles. The summed E-state index contributed by atoms with van der Waals surface area (Å²) in [4.78, 5) is 0. The fourth-order valence-corrected chi connectivity index (χ4v) is 1.66. The van der Waals surface area contributed by atoms with Crippen molar-refractivity contribution in [2.24, 2.45) is 0 Å². The van der Waals surface area contributed by atoms with Gasteiger partial charge in [-0.3, -0.25) is 0 Å². The maximum absolute atomic E-state index is 11.4. The Bertz CT molecular complexity index is 366. The molecule has 5 nitrogen and oxygen atoms in total. The highest BCUT2D eigenvalue weighted by atomic mass is 32.2. The average molecular weight is 189 g/mol. The first-order chi connectivity index (χ1) is 5.46. The number of rotatable bonds is 2. The van der Waals surface area contributed by atoms with Crippen molar-refractivity contribution in [1.29, 1.82) is 0 Å². The van der Waals surface area contributed by atoms with Crippen LogP contribution in [0.4, 0.5) is 0 Å². The molecular weight excluding hydrogens is 178 g/mol. The minimum Gasteiger partial charge on any atom is -0.189 e. The molecule has 1 aromatic rings. The molecule has 0 atom stereocenters. The third kappa shape index (κ3) is 1.35. The van der Waals surface area contributed by atoms with E-state index in [1.165, 1.54) is 20.3 Å². The summed E-state index contributed by atoms with van der Waals surface area (Å²) in [5.74, 6) is 0. The third-order valence-corrected chi connectivity index (χ3v) is 3.21. The summed E-state index contributed by atoms with van der Waals surface area (Å²) in [6.45, 7) is 1.69. The molecule has 1 rings (SSSR count). The molecule has 0 bridgehead atoms. The highest BCUT2D eigenvalue weighted by molar-refractivity contribution is 7.87. The molecule has 1 aromatic heterocycles. The van der Waals surface area contributed by atoms with Crippen molar-refractivity contribution in [3.8, 4) is 0 Å². The Labute approximate surface area is 71.8 Å². The maximum Gasteiger partial charge on any atom is 0.322 e. The topological polar surface area (TPSA) is 55.2 Å². The molecule has 12 heavy (non-hydrogen) atoms. The van der Waals surface area contributed by atoms with Gasteiger partial charge in [-0.25, -0.2) is 0 Å². The van der Waals surface area contributed by atoms with Crippen molar-refractivity contribution in [2.45, 2.75) is 6.92 Å². The number of hydrogen-bond donors (Lipinski definition) is 0. The number of hydrogen-bond acceptors (Lipinski definition) is 3. The molecule has 0 amide bonds. The van der Waals surface area contributed by atoms with Gasteiger partial charge in [0.1, 0.15) is 0 Å². The van der Waals surface area contributed by atoms with E-state index in [4.69, 9.17) is 0 Å². The molecule has 0 unspecified atom stereocenters. The highest BCUT2D eigenvalue weighted by Gasteiger charge is 2.17. The van der Waals surface area contributed by atoms with Crippen LogP contribution in [0.25, 0.3) is 0 Å². The van der Waals surface area contributed by atoms with E-state index in [1.54, 1.807) is 13.0 Å². The largest absolute Gasteiger partial charge is 0.322 e. The minimum atomic E-state index is -3.43. The lowest BCUT2D eigenvalue weighted by Gasteiger charge is -2.11. The molecule has 0 spiro atoms. The average Bonchev–Trinajstić information content (AvgIpc) is 2.35. The first-order valence-electron chi connectivity index (χ1n) is 3.40. The van der Waals surface area contributed by atoms with Crippen LogP contribution in [0, 0.1) is 6.92 Å². The van der Waals surface area contributed by atoms with Gasteiger partial charge in [-0.15, -0.1) is 4.09 Å². The van der Waals surface area contributed by atoms with Crippen molar-refractivity contribution in [1.82, 2.24) is 13.5 Å². The van der Waals surface area contributed by atoms with Crippen LogP contribution in [0.5, 0.6) is 0 Å². The molecule has 0 aromatic carbocycles. The van der Waals surface area contributed by atoms with E-state index in [-0.39, 0.29) is 0 Å². The predicted molar refractivity (Wildman–Crippen MR) is 45.0 cm³/mol. The second-order valence-corrected chi connectivity index (χ2v) is 4.58. The van der Waals surface area contributed by atoms with Crippen LogP contribution in [0.1, 0.15) is 5.69 Å². The number of aromatic nitrogens is 2. The Hall–Kier alpha value is -0.880. The van der Waals surface area contributed by atoms with E-state index in [0.717, 1.165) is 8.39 Å². The first kappa shape index (κ1) is 9.21. The Morgan fingerprint density at radius 1 is 1.50 bits per heavy atom. The Kier molecular flexibility index (Phi) is 2.20. The molecule has 0 radical (unpaired) electrons. The second-order valence-electron chi connectivity index (χ2n) is 2.61. The molecular formula is C6H11N3O2S. The summed E-state index contributed by atoms with van der Waals surface area (Å²) in [5, 5.41) is 3.70. The molecule has 0 aliphatic heterocycles. The number of aryl methyl sites for hydroxylation is 1. The van der Waals surface area contributed by atoms with Gasteiger partial charge in [0, 0.05) is 14.1 Å². The second kappa shape index (κ2) is 2.87. The van der Waals surface area contributed by atoms with Crippen LogP contribution in [-0.2, 0) is 10.2 Å². The smallest absolute Gasteiger partial charge is 0.189 e. The van der Waals surface area contributed by atoms with Gasteiger partial charge in [0.05, 0.1) is 11.9 Å². The Balaban J connectivity index is 3.24. The van der Waals surface area contributed by atoms with E-state index in [1.807, 2.05) is 0 Å². The number of nitrogens with zero attached hydrogens (tertiary/aromatic N) is 3. The first-order valence-corrected chi connectivity index (χ1v) is 4.79. The molecule has 0 saturated carbocycles. The fourth-order valence-electron chi connectivity index (χ4n) is 0.753. The van der Waals surface area contributed by atoms with Crippen molar-refractivity contribution >= 4 is 10.2 Å². The molecule has 0 aliphatic carbocycles.